The number of aliphatic hydroxyl groups is 1. The zero-order chi connectivity index (χ0) is 14.7. The van der Waals surface area contributed by atoms with Gasteiger partial charge in [-0.05, 0) is 49.6 Å². The maximum atomic E-state index is 9.26. The van der Waals surface area contributed by atoms with E-state index >= 15 is 0 Å². The Labute approximate surface area is 128 Å². The van der Waals surface area contributed by atoms with Crippen molar-refractivity contribution in [1.29, 1.82) is 0 Å². The van der Waals surface area contributed by atoms with Crippen molar-refractivity contribution >= 4 is 11.6 Å². The molecule has 0 saturated carbocycles. The van der Waals surface area contributed by atoms with Gasteiger partial charge < -0.3 is 9.52 Å². The molecule has 1 aromatic heterocycles. The summed E-state index contributed by atoms with van der Waals surface area (Å²) in [4.78, 5) is 2.25. The predicted molar refractivity (Wildman–Crippen MR) is 79.8 cm³/mol. The van der Waals surface area contributed by atoms with Crippen LogP contribution in [0.2, 0.25) is 5.02 Å². The molecule has 2 heterocycles. The number of benzene rings is 1. The number of piperidine rings is 1. The number of rotatable bonds is 4. The van der Waals surface area contributed by atoms with Crippen molar-refractivity contribution in [2.45, 2.75) is 19.4 Å². The molecule has 3 rings (SSSR count). The van der Waals surface area contributed by atoms with Crippen molar-refractivity contribution in [1.82, 2.24) is 15.1 Å². The van der Waals surface area contributed by atoms with Crippen molar-refractivity contribution in [3.05, 3.63) is 35.2 Å². The number of hydrogen-bond acceptors (Lipinski definition) is 5. The van der Waals surface area contributed by atoms with Crippen LogP contribution in [0, 0.1) is 5.92 Å². The van der Waals surface area contributed by atoms with Crippen LogP contribution in [0.4, 0.5) is 0 Å². The molecule has 21 heavy (non-hydrogen) atoms. The first kappa shape index (κ1) is 14.5. The second kappa shape index (κ2) is 6.56. The molecule has 1 N–H and O–H groups in total. The third-order valence-corrected chi connectivity index (χ3v) is 4.03. The first-order valence-electron chi connectivity index (χ1n) is 7.16. The largest absolute Gasteiger partial charge is 0.419 e. The maximum absolute atomic E-state index is 9.26. The average Bonchev–Trinajstić information content (AvgIpc) is 2.96. The minimum absolute atomic E-state index is 0.246. The Bertz CT molecular complexity index is 585. The van der Waals surface area contributed by atoms with Crippen LogP contribution in [-0.2, 0) is 6.54 Å². The van der Waals surface area contributed by atoms with Crippen LogP contribution in [-0.4, -0.2) is 39.9 Å². The summed E-state index contributed by atoms with van der Waals surface area (Å²) in [5.41, 5.74) is 0.866. The quantitative estimate of drug-likeness (QED) is 0.940. The monoisotopic (exact) mass is 307 g/mol. The molecule has 0 spiro atoms. The molecule has 1 saturated heterocycles. The Morgan fingerprint density at radius 3 is 2.86 bits per heavy atom. The van der Waals surface area contributed by atoms with Crippen LogP contribution in [0.3, 0.4) is 0 Å². The summed E-state index contributed by atoms with van der Waals surface area (Å²) >= 11 is 5.87. The van der Waals surface area contributed by atoms with Crippen LogP contribution >= 0.6 is 11.6 Å². The van der Waals surface area contributed by atoms with Gasteiger partial charge in [0.15, 0.2) is 0 Å². The van der Waals surface area contributed by atoms with Gasteiger partial charge in [0.05, 0.1) is 6.54 Å². The molecule has 2 aromatic rings. The molecule has 1 fully saturated rings. The number of nitrogens with zero attached hydrogens (tertiary/aromatic N) is 3. The highest BCUT2D eigenvalue weighted by atomic mass is 35.5. The van der Waals surface area contributed by atoms with Crippen molar-refractivity contribution < 1.29 is 9.52 Å². The molecule has 0 bridgehead atoms. The van der Waals surface area contributed by atoms with Crippen molar-refractivity contribution in [2.24, 2.45) is 5.92 Å². The lowest BCUT2D eigenvalue weighted by molar-refractivity contribution is 0.109. The predicted octanol–water partition coefficient (Wildman–Crippen LogP) is 2.59. The van der Waals surface area contributed by atoms with E-state index in [1.165, 1.54) is 0 Å². The molecule has 112 valence electrons. The molecule has 1 aromatic carbocycles. The molecular weight excluding hydrogens is 290 g/mol. The Balaban J connectivity index is 1.66. The van der Waals surface area contributed by atoms with Crippen LogP contribution < -0.4 is 0 Å². The normalized spacial score (nSPS) is 19.8. The number of hydrogen-bond donors (Lipinski definition) is 1. The number of aliphatic hydroxyl groups excluding tert-OH is 1. The van der Waals surface area contributed by atoms with Crippen LogP contribution in [0.15, 0.2) is 28.7 Å². The second-order valence-corrected chi connectivity index (χ2v) is 5.87. The van der Waals surface area contributed by atoms with E-state index in [0.717, 1.165) is 31.5 Å². The first-order chi connectivity index (χ1) is 10.2. The molecule has 0 radical (unpaired) electrons. The maximum Gasteiger partial charge on any atom is 0.247 e. The Morgan fingerprint density at radius 1 is 1.29 bits per heavy atom. The van der Waals surface area contributed by atoms with Crippen molar-refractivity contribution in [2.75, 3.05) is 19.7 Å². The highest BCUT2D eigenvalue weighted by molar-refractivity contribution is 6.30. The summed E-state index contributed by atoms with van der Waals surface area (Å²) in [5, 5.41) is 18.1. The fraction of sp³-hybridized carbons (Fsp3) is 0.467. The fourth-order valence-electron chi connectivity index (χ4n) is 2.66. The van der Waals surface area contributed by atoms with Gasteiger partial charge in [-0.3, -0.25) is 4.90 Å². The van der Waals surface area contributed by atoms with E-state index in [1.807, 2.05) is 12.1 Å². The SMILES string of the molecule is OCC1CCCN(Cc2nnc(-c3ccc(Cl)cc3)o2)C1. The van der Waals surface area contributed by atoms with Gasteiger partial charge in [-0.15, -0.1) is 10.2 Å². The standard InChI is InChI=1S/C15H18ClN3O2/c16-13-5-3-12(4-6-13)15-18-17-14(21-15)9-19-7-1-2-11(8-19)10-20/h3-6,11,20H,1-2,7-10H2. The lowest BCUT2D eigenvalue weighted by Crippen LogP contribution is -2.36. The van der Waals surface area contributed by atoms with Gasteiger partial charge in [0.25, 0.3) is 0 Å². The average molecular weight is 308 g/mol. The lowest BCUT2D eigenvalue weighted by Gasteiger charge is -2.30. The minimum Gasteiger partial charge on any atom is -0.419 e. The molecule has 1 atom stereocenters. The van der Waals surface area contributed by atoms with E-state index in [2.05, 4.69) is 15.1 Å². The molecule has 0 amide bonds. The topological polar surface area (TPSA) is 62.4 Å². The zero-order valence-corrected chi connectivity index (χ0v) is 12.5. The van der Waals surface area contributed by atoms with E-state index in [4.69, 9.17) is 16.0 Å². The van der Waals surface area contributed by atoms with Gasteiger partial charge in [0, 0.05) is 23.7 Å². The summed E-state index contributed by atoms with van der Waals surface area (Å²) in [6, 6.07) is 7.33. The van der Waals surface area contributed by atoms with Crippen LogP contribution in [0.5, 0.6) is 0 Å². The summed E-state index contributed by atoms with van der Waals surface area (Å²) in [6.45, 7) is 2.78. The van der Waals surface area contributed by atoms with E-state index in [0.29, 0.717) is 29.3 Å². The second-order valence-electron chi connectivity index (χ2n) is 5.43. The molecule has 6 heteroatoms. The number of halogens is 1. The van der Waals surface area contributed by atoms with Crippen molar-refractivity contribution in [3.63, 3.8) is 0 Å². The molecular formula is C15H18ClN3O2. The molecule has 1 aliphatic rings. The summed E-state index contributed by atoms with van der Waals surface area (Å²) in [5.74, 6) is 1.48. The van der Waals surface area contributed by atoms with Gasteiger partial charge in [0.1, 0.15) is 0 Å². The minimum atomic E-state index is 0.246. The summed E-state index contributed by atoms with van der Waals surface area (Å²) in [7, 11) is 0. The fourth-order valence-corrected chi connectivity index (χ4v) is 2.79. The Morgan fingerprint density at radius 2 is 2.10 bits per heavy atom. The third kappa shape index (κ3) is 3.61. The molecule has 0 aliphatic carbocycles. The third-order valence-electron chi connectivity index (χ3n) is 3.78. The Kier molecular flexibility index (Phi) is 4.53. The molecule has 1 unspecified atom stereocenters. The number of aromatic nitrogens is 2. The van der Waals surface area contributed by atoms with E-state index in [9.17, 15) is 5.11 Å². The number of likely N-dealkylation sites (tertiary alicyclic amines) is 1. The lowest BCUT2D eigenvalue weighted by atomic mass is 9.99. The van der Waals surface area contributed by atoms with Crippen LogP contribution in [0.25, 0.3) is 11.5 Å². The Hall–Kier alpha value is -1.43. The molecule has 5 nitrogen and oxygen atoms in total. The van der Waals surface area contributed by atoms with Gasteiger partial charge in [0.2, 0.25) is 11.8 Å². The zero-order valence-electron chi connectivity index (χ0n) is 11.7. The van der Waals surface area contributed by atoms with E-state index < -0.39 is 0 Å². The first-order valence-corrected chi connectivity index (χ1v) is 7.54. The van der Waals surface area contributed by atoms with Gasteiger partial charge >= 0.3 is 0 Å². The van der Waals surface area contributed by atoms with E-state index in [-0.39, 0.29) is 6.61 Å². The summed E-state index contributed by atoms with van der Waals surface area (Å²) in [6.07, 6.45) is 2.19. The highest BCUT2D eigenvalue weighted by Crippen LogP contribution is 2.22. The van der Waals surface area contributed by atoms with Gasteiger partial charge in [-0.2, -0.15) is 0 Å². The van der Waals surface area contributed by atoms with E-state index in [1.54, 1.807) is 12.1 Å². The van der Waals surface area contributed by atoms with Gasteiger partial charge in [-0.25, -0.2) is 0 Å². The van der Waals surface area contributed by atoms with Crippen molar-refractivity contribution in [3.8, 4) is 11.5 Å². The van der Waals surface area contributed by atoms with Crippen LogP contribution in [0.1, 0.15) is 18.7 Å². The summed E-state index contributed by atoms with van der Waals surface area (Å²) < 4.78 is 5.71. The van der Waals surface area contributed by atoms with Gasteiger partial charge in [-0.1, -0.05) is 11.6 Å². The smallest absolute Gasteiger partial charge is 0.247 e. The molecule has 1 aliphatic heterocycles. The highest BCUT2D eigenvalue weighted by Gasteiger charge is 2.21.